The molecule has 0 saturated carbocycles. The van der Waals surface area contributed by atoms with Gasteiger partial charge >= 0.3 is 5.69 Å². The quantitative estimate of drug-likeness (QED) is 0.393. The summed E-state index contributed by atoms with van der Waals surface area (Å²) in [6, 6.07) is 0. The van der Waals surface area contributed by atoms with E-state index in [1.165, 1.54) is 6.92 Å². The lowest BCUT2D eigenvalue weighted by Gasteiger charge is -2.25. The Hall–Kier alpha value is -2.00. The second-order valence-corrected chi connectivity index (χ2v) is 4.67. The van der Waals surface area contributed by atoms with Crippen LogP contribution in [0.1, 0.15) is 19.5 Å². The van der Waals surface area contributed by atoms with Gasteiger partial charge < -0.3 is 10.1 Å². The molecule has 0 aliphatic carbocycles. The summed E-state index contributed by atoms with van der Waals surface area (Å²) in [6.07, 6.45) is 0. The molecular weight excluding hydrogens is 252 g/mol. The van der Waals surface area contributed by atoms with Crippen LogP contribution < -0.4 is 16.6 Å². The molecule has 0 bridgehead atoms. The van der Waals surface area contributed by atoms with E-state index in [1.807, 2.05) is 13.8 Å². The standard InChI is InChI=1S/C10H18N6O3/c1-6-7(16(17)18)8(13-9(12-6)15-11)14-10(2,3)5-19-4/h5,11H2,1-4H3,(H2,12,13,14,15). The third-order valence-corrected chi connectivity index (χ3v) is 2.33. The summed E-state index contributed by atoms with van der Waals surface area (Å²) in [5.74, 6) is 5.45. The fraction of sp³-hybridized carbons (Fsp3) is 0.600. The highest BCUT2D eigenvalue weighted by Gasteiger charge is 2.27. The Morgan fingerprint density at radius 3 is 2.58 bits per heavy atom. The van der Waals surface area contributed by atoms with E-state index in [0.717, 1.165) is 0 Å². The maximum Gasteiger partial charge on any atom is 0.332 e. The van der Waals surface area contributed by atoms with E-state index in [1.54, 1.807) is 7.11 Å². The molecule has 1 rings (SSSR count). The largest absolute Gasteiger partial charge is 0.382 e. The van der Waals surface area contributed by atoms with Crippen molar-refractivity contribution in [2.24, 2.45) is 5.84 Å². The van der Waals surface area contributed by atoms with Crippen LogP contribution >= 0.6 is 0 Å². The first kappa shape index (κ1) is 15.1. The van der Waals surface area contributed by atoms with E-state index in [2.05, 4.69) is 20.7 Å². The van der Waals surface area contributed by atoms with Crippen molar-refractivity contribution in [3.05, 3.63) is 15.8 Å². The molecular formula is C10H18N6O3. The van der Waals surface area contributed by atoms with Crippen molar-refractivity contribution in [3.63, 3.8) is 0 Å². The molecule has 0 spiro atoms. The molecule has 0 amide bonds. The van der Waals surface area contributed by atoms with Gasteiger partial charge in [-0.05, 0) is 20.8 Å². The van der Waals surface area contributed by atoms with Crippen LogP contribution in [-0.2, 0) is 4.74 Å². The molecule has 106 valence electrons. The van der Waals surface area contributed by atoms with E-state index >= 15 is 0 Å². The number of ether oxygens (including phenoxy) is 1. The van der Waals surface area contributed by atoms with Crippen LogP contribution in [0.15, 0.2) is 0 Å². The van der Waals surface area contributed by atoms with Crippen molar-refractivity contribution in [1.29, 1.82) is 0 Å². The fourth-order valence-electron chi connectivity index (χ4n) is 1.65. The number of aromatic nitrogens is 2. The zero-order chi connectivity index (χ0) is 14.6. The van der Waals surface area contributed by atoms with Crippen molar-refractivity contribution in [1.82, 2.24) is 9.97 Å². The first-order valence-corrected chi connectivity index (χ1v) is 5.57. The van der Waals surface area contributed by atoms with E-state index in [9.17, 15) is 10.1 Å². The van der Waals surface area contributed by atoms with E-state index in [0.29, 0.717) is 6.61 Å². The minimum atomic E-state index is -0.527. The van der Waals surface area contributed by atoms with Gasteiger partial charge in [0, 0.05) is 7.11 Å². The number of nitrogens with zero attached hydrogens (tertiary/aromatic N) is 3. The SMILES string of the molecule is COCC(C)(C)Nc1nc(NN)nc(C)c1[N+](=O)[O-]. The molecule has 0 aromatic carbocycles. The van der Waals surface area contributed by atoms with Crippen molar-refractivity contribution in [2.75, 3.05) is 24.5 Å². The highest BCUT2D eigenvalue weighted by atomic mass is 16.6. The Balaban J connectivity index is 3.23. The second kappa shape index (κ2) is 5.76. The van der Waals surface area contributed by atoms with E-state index in [-0.39, 0.29) is 23.1 Å². The maximum atomic E-state index is 11.1. The Morgan fingerprint density at radius 2 is 2.11 bits per heavy atom. The first-order chi connectivity index (χ1) is 8.80. The van der Waals surface area contributed by atoms with Gasteiger partial charge in [0.1, 0.15) is 5.69 Å². The van der Waals surface area contributed by atoms with Gasteiger partial charge in [0.25, 0.3) is 0 Å². The topological polar surface area (TPSA) is 128 Å². The van der Waals surface area contributed by atoms with Crippen LogP contribution in [-0.4, -0.2) is 34.1 Å². The molecule has 19 heavy (non-hydrogen) atoms. The van der Waals surface area contributed by atoms with Gasteiger partial charge in [-0.3, -0.25) is 15.5 Å². The number of aryl methyl sites for hydroxylation is 1. The van der Waals surface area contributed by atoms with E-state index < -0.39 is 10.5 Å². The third kappa shape index (κ3) is 3.73. The van der Waals surface area contributed by atoms with Gasteiger partial charge in [-0.15, -0.1) is 0 Å². The van der Waals surface area contributed by atoms with Crippen molar-refractivity contribution < 1.29 is 9.66 Å². The van der Waals surface area contributed by atoms with Crippen LogP contribution in [0, 0.1) is 17.0 Å². The normalized spacial score (nSPS) is 11.2. The Bertz CT molecular complexity index is 477. The lowest BCUT2D eigenvalue weighted by Crippen LogP contribution is -2.36. The highest BCUT2D eigenvalue weighted by molar-refractivity contribution is 5.61. The number of nitro groups is 1. The summed E-state index contributed by atoms with van der Waals surface area (Å²) in [4.78, 5) is 18.4. The molecule has 0 aliphatic rings. The molecule has 1 aromatic heterocycles. The molecule has 9 heteroatoms. The molecule has 4 N–H and O–H groups in total. The summed E-state index contributed by atoms with van der Waals surface area (Å²) in [7, 11) is 1.55. The Kier molecular flexibility index (Phi) is 4.57. The zero-order valence-corrected chi connectivity index (χ0v) is 11.4. The number of nitrogens with one attached hydrogen (secondary N) is 2. The van der Waals surface area contributed by atoms with Gasteiger partial charge in [0.05, 0.1) is 17.1 Å². The minimum absolute atomic E-state index is 0.104. The molecule has 0 atom stereocenters. The van der Waals surface area contributed by atoms with Crippen LogP contribution in [0.4, 0.5) is 17.5 Å². The second-order valence-electron chi connectivity index (χ2n) is 4.67. The minimum Gasteiger partial charge on any atom is -0.382 e. The number of anilines is 2. The average molecular weight is 270 g/mol. The Morgan fingerprint density at radius 1 is 1.47 bits per heavy atom. The predicted octanol–water partition coefficient (Wildman–Crippen LogP) is 0.816. The highest BCUT2D eigenvalue weighted by Crippen LogP contribution is 2.28. The smallest absolute Gasteiger partial charge is 0.332 e. The zero-order valence-electron chi connectivity index (χ0n) is 11.4. The number of nitrogens with two attached hydrogens (primary N) is 1. The van der Waals surface area contributed by atoms with Gasteiger partial charge in [0.2, 0.25) is 11.8 Å². The monoisotopic (exact) mass is 270 g/mol. The molecule has 0 unspecified atom stereocenters. The summed E-state index contributed by atoms with van der Waals surface area (Å²) in [5.41, 5.74) is 1.80. The number of hydrogen-bond donors (Lipinski definition) is 3. The number of hydrogen-bond acceptors (Lipinski definition) is 8. The predicted molar refractivity (Wildman–Crippen MR) is 70.8 cm³/mol. The van der Waals surface area contributed by atoms with Crippen LogP contribution in [0.5, 0.6) is 0 Å². The molecule has 0 fully saturated rings. The summed E-state index contributed by atoms with van der Waals surface area (Å²) < 4.78 is 5.05. The lowest BCUT2D eigenvalue weighted by atomic mass is 10.1. The molecule has 0 aliphatic heterocycles. The third-order valence-electron chi connectivity index (χ3n) is 2.33. The maximum absolute atomic E-state index is 11.1. The Labute approximate surface area is 110 Å². The molecule has 1 heterocycles. The molecule has 0 saturated heterocycles. The number of hydrazine groups is 1. The fourth-order valence-corrected chi connectivity index (χ4v) is 1.65. The van der Waals surface area contributed by atoms with Crippen LogP contribution in [0.2, 0.25) is 0 Å². The molecule has 1 aromatic rings. The molecule has 9 nitrogen and oxygen atoms in total. The van der Waals surface area contributed by atoms with Gasteiger partial charge in [-0.25, -0.2) is 10.8 Å². The molecule has 0 radical (unpaired) electrons. The van der Waals surface area contributed by atoms with Gasteiger partial charge in [-0.2, -0.15) is 4.98 Å². The number of nitrogen functional groups attached to an aromatic ring is 1. The summed E-state index contributed by atoms with van der Waals surface area (Å²) >= 11 is 0. The average Bonchev–Trinajstić information content (AvgIpc) is 2.26. The van der Waals surface area contributed by atoms with Crippen molar-refractivity contribution in [2.45, 2.75) is 26.3 Å². The number of rotatable bonds is 6. The van der Waals surface area contributed by atoms with Crippen molar-refractivity contribution in [3.8, 4) is 0 Å². The number of methoxy groups -OCH3 is 1. The van der Waals surface area contributed by atoms with Crippen molar-refractivity contribution >= 4 is 17.5 Å². The van der Waals surface area contributed by atoms with E-state index in [4.69, 9.17) is 10.6 Å². The van der Waals surface area contributed by atoms with Gasteiger partial charge in [-0.1, -0.05) is 0 Å². The summed E-state index contributed by atoms with van der Waals surface area (Å²) in [6.45, 7) is 5.56. The van der Waals surface area contributed by atoms with Gasteiger partial charge in [0.15, 0.2) is 0 Å². The summed E-state index contributed by atoms with van der Waals surface area (Å²) in [5, 5.41) is 14.1. The van der Waals surface area contributed by atoms with Crippen LogP contribution in [0.3, 0.4) is 0 Å². The van der Waals surface area contributed by atoms with Crippen LogP contribution in [0.25, 0.3) is 0 Å². The first-order valence-electron chi connectivity index (χ1n) is 5.57. The lowest BCUT2D eigenvalue weighted by molar-refractivity contribution is -0.385.